The number of benzene rings is 1. The van der Waals surface area contributed by atoms with Gasteiger partial charge in [-0.1, -0.05) is 20.3 Å². The van der Waals surface area contributed by atoms with Gasteiger partial charge in [0.1, 0.15) is 0 Å². The Morgan fingerprint density at radius 2 is 1.86 bits per heavy atom. The SMILES string of the molecule is CC(C)c1cc2c(cc1CC1CCCCN1)OCCCO2. The minimum atomic E-state index is 0.515. The van der Waals surface area contributed by atoms with Crippen LogP contribution in [0.3, 0.4) is 0 Å². The molecule has 1 unspecified atom stereocenters. The fourth-order valence-corrected chi connectivity index (χ4v) is 3.34. The van der Waals surface area contributed by atoms with E-state index in [1.165, 1.54) is 30.4 Å². The van der Waals surface area contributed by atoms with Gasteiger partial charge in [0, 0.05) is 12.5 Å². The summed E-state index contributed by atoms with van der Waals surface area (Å²) < 4.78 is 11.7. The molecule has 0 aliphatic carbocycles. The minimum Gasteiger partial charge on any atom is -0.490 e. The van der Waals surface area contributed by atoms with Crippen LogP contribution >= 0.6 is 0 Å². The van der Waals surface area contributed by atoms with Crippen molar-refractivity contribution >= 4 is 0 Å². The lowest BCUT2D eigenvalue weighted by Gasteiger charge is -2.26. The van der Waals surface area contributed by atoms with Gasteiger partial charge >= 0.3 is 0 Å². The molecule has 1 fully saturated rings. The highest BCUT2D eigenvalue weighted by atomic mass is 16.5. The van der Waals surface area contributed by atoms with Crippen LogP contribution in [0.1, 0.15) is 56.6 Å². The number of fused-ring (bicyclic) bond motifs is 1. The van der Waals surface area contributed by atoms with E-state index < -0.39 is 0 Å². The van der Waals surface area contributed by atoms with E-state index in [-0.39, 0.29) is 0 Å². The summed E-state index contributed by atoms with van der Waals surface area (Å²) in [4.78, 5) is 0. The number of ether oxygens (including phenoxy) is 2. The first kappa shape index (κ1) is 14.7. The molecule has 1 atom stereocenters. The first-order chi connectivity index (χ1) is 10.2. The molecular formula is C18H27NO2. The molecule has 3 rings (SSSR count). The maximum absolute atomic E-state index is 5.87. The van der Waals surface area contributed by atoms with Gasteiger partial charge in [0.25, 0.3) is 0 Å². The summed E-state index contributed by atoms with van der Waals surface area (Å²) in [7, 11) is 0. The quantitative estimate of drug-likeness (QED) is 0.921. The Labute approximate surface area is 128 Å². The first-order valence-corrected chi connectivity index (χ1v) is 8.40. The number of hydrogen-bond acceptors (Lipinski definition) is 3. The van der Waals surface area contributed by atoms with Crippen molar-refractivity contribution in [3.63, 3.8) is 0 Å². The Hall–Kier alpha value is -1.22. The van der Waals surface area contributed by atoms with Crippen molar-refractivity contribution in [3.8, 4) is 11.5 Å². The fourth-order valence-electron chi connectivity index (χ4n) is 3.34. The Balaban J connectivity index is 1.87. The average Bonchev–Trinajstić information content (AvgIpc) is 2.72. The van der Waals surface area contributed by atoms with E-state index >= 15 is 0 Å². The molecule has 3 nitrogen and oxygen atoms in total. The Kier molecular flexibility index (Phi) is 4.69. The van der Waals surface area contributed by atoms with Crippen LogP contribution in [-0.2, 0) is 6.42 Å². The van der Waals surface area contributed by atoms with Gasteiger partial charge < -0.3 is 14.8 Å². The van der Waals surface area contributed by atoms with Crippen LogP contribution in [0.4, 0.5) is 0 Å². The van der Waals surface area contributed by atoms with Crippen molar-refractivity contribution in [1.82, 2.24) is 5.32 Å². The zero-order valence-corrected chi connectivity index (χ0v) is 13.3. The predicted molar refractivity (Wildman–Crippen MR) is 85.5 cm³/mol. The molecule has 0 amide bonds. The van der Waals surface area contributed by atoms with Crippen LogP contribution in [0.5, 0.6) is 11.5 Å². The molecule has 2 aliphatic heterocycles. The Morgan fingerprint density at radius 3 is 2.52 bits per heavy atom. The van der Waals surface area contributed by atoms with E-state index in [0.29, 0.717) is 12.0 Å². The molecule has 1 saturated heterocycles. The smallest absolute Gasteiger partial charge is 0.161 e. The maximum atomic E-state index is 5.87. The van der Waals surface area contributed by atoms with Crippen LogP contribution in [0.25, 0.3) is 0 Å². The molecule has 0 spiro atoms. The van der Waals surface area contributed by atoms with Crippen LogP contribution in [0.2, 0.25) is 0 Å². The van der Waals surface area contributed by atoms with Gasteiger partial charge in [-0.25, -0.2) is 0 Å². The van der Waals surface area contributed by atoms with Gasteiger partial charge in [0.05, 0.1) is 13.2 Å². The summed E-state index contributed by atoms with van der Waals surface area (Å²) >= 11 is 0. The zero-order valence-electron chi connectivity index (χ0n) is 13.3. The summed E-state index contributed by atoms with van der Waals surface area (Å²) in [6.45, 7) is 7.20. The largest absolute Gasteiger partial charge is 0.490 e. The molecule has 21 heavy (non-hydrogen) atoms. The third kappa shape index (κ3) is 3.52. The molecule has 1 aromatic rings. The molecule has 1 aromatic carbocycles. The zero-order chi connectivity index (χ0) is 14.7. The van der Waals surface area contributed by atoms with Crippen molar-refractivity contribution in [2.75, 3.05) is 19.8 Å². The highest BCUT2D eigenvalue weighted by Crippen LogP contribution is 2.36. The van der Waals surface area contributed by atoms with E-state index in [4.69, 9.17) is 9.47 Å². The number of hydrogen-bond donors (Lipinski definition) is 1. The molecule has 0 radical (unpaired) electrons. The molecule has 0 saturated carbocycles. The van der Waals surface area contributed by atoms with Crippen LogP contribution < -0.4 is 14.8 Å². The van der Waals surface area contributed by atoms with Gasteiger partial charge in [-0.2, -0.15) is 0 Å². The van der Waals surface area contributed by atoms with Crippen molar-refractivity contribution in [1.29, 1.82) is 0 Å². The standard InChI is InChI=1S/C18H27NO2/c1-13(2)16-12-18-17(20-8-5-9-21-18)11-14(16)10-15-6-3-4-7-19-15/h11-13,15,19H,3-10H2,1-2H3. The van der Waals surface area contributed by atoms with E-state index in [1.54, 1.807) is 0 Å². The van der Waals surface area contributed by atoms with E-state index in [0.717, 1.165) is 44.1 Å². The molecule has 0 bridgehead atoms. The van der Waals surface area contributed by atoms with Crippen molar-refractivity contribution in [2.45, 2.75) is 57.9 Å². The summed E-state index contributed by atoms with van der Waals surface area (Å²) in [5, 5.41) is 3.65. The summed E-state index contributed by atoms with van der Waals surface area (Å²) in [6, 6.07) is 5.05. The average molecular weight is 289 g/mol. The maximum Gasteiger partial charge on any atom is 0.161 e. The molecule has 1 N–H and O–H groups in total. The van der Waals surface area contributed by atoms with Crippen LogP contribution in [0, 0.1) is 0 Å². The third-order valence-corrected chi connectivity index (χ3v) is 4.51. The second-order valence-electron chi connectivity index (χ2n) is 6.55. The first-order valence-electron chi connectivity index (χ1n) is 8.40. The summed E-state index contributed by atoms with van der Waals surface area (Å²) in [5.74, 6) is 2.38. The third-order valence-electron chi connectivity index (χ3n) is 4.51. The number of piperidine rings is 1. The lowest BCUT2D eigenvalue weighted by Crippen LogP contribution is -2.35. The molecule has 2 heterocycles. The van der Waals surface area contributed by atoms with Crippen molar-refractivity contribution in [3.05, 3.63) is 23.3 Å². The van der Waals surface area contributed by atoms with Gasteiger partial charge in [0.15, 0.2) is 11.5 Å². The van der Waals surface area contributed by atoms with Gasteiger partial charge in [-0.05, 0) is 55.0 Å². The number of rotatable bonds is 3. The van der Waals surface area contributed by atoms with E-state index in [2.05, 4.69) is 31.3 Å². The minimum absolute atomic E-state index is 0.515. The van der Waals surface area contributed by atoms with Gasteiger partial charge in [-0.3, -0.25) is 0 Å². The molecule has 116 valence electrons. The number of nitrogens with one attached hydrogen (secondary N) is 1. The van der Waals surface area contributed by atoms with Gasteiger partial charge in [-0.15, -0.1) is 0 Å². The van der Waals surface area contributed by atoms with E-state index in [1.807, 2.05) is 0 Å². The summed E-state index contributed by atoms with van der Waals surface area (Å²) in [5.41, 5.74) is 2.83. The molecule has 2 aliphatic rings. The Morgan fingerprint density at radius 1 is 1.10 bits per heavy atom. The lowest BCUT2D eigenvalue weighted by molar-refractivity contribution is 0.297. The summed E-state index contributed by atoms with van der Waals surface area (Å²) in [6.07, 6.45) is 6.01. The van der Waals surface area contributed by atoms with Crippen LogP contribution in [-0.4, -0.2) is 25.8 Å². The lowest BCUT2D eigenvalue weighted by atomic mass is 9.90. The monoisotopic (exact) mass is 289 g/mol. The fraction of sp³-hybridized carbons (Fsp3) is 0.667. The molecular weight excluding hydrogens is 262 g/mol. The molecule has 3 heteroatoms. The van der Waals surface area contributed by atoms with Crippen molar-refractivity contribution < 1.29 is 9.47 Å². The molecule has 0 aromatic heterocycles. The predicted octanol–water partition coefficient (Wildman–Crippen LogP) is 3.66. The van der Waals surface area contributed by atoms with E-state index in [9.17, 15) is 0 Å². The van der Waals surface area contributed by atoms with Crippen molar-refractivity contribution in [2.24, 2.45) is 0 Å². The second-order valence-corrected chi connectivity index (χ2v) is 6.55. The topological polar surface area (TPSA) is 30.5 Å². The highest BCUT2D eigenvalue weighted by Gasteiger charge is 2.20. The Bertz CT molecular complexity index is 478. The van der Waals surface area contributed by atoms with Gasteiger partial charge in [0.2, 0.25) is 0 Å². The normalized spacial score (nSPS) is 22.1. The second kappa shape index (κ2) is 6.69. The highest BCUT2D eigenvalue weighted by molar-refractivity contribution is 5.49. The van der Waals surface area contributed by atoms with Crippen LogP contribution in [0.15, 0.2) is 12.1 Å².